The number of hydrazone groups is 1. The van der Waals surface area contributed by atoms with Gasteiger partial charge in [-0.3, -0.25) is 5.43 Å². The number of nitrogens with one attached hydrogen (secondary N) is 2. The van der Waals surface area contributed by atoms with E-state index < -0.39 is 0 Å². The van der Waals surface area contributed by atoms with E-state index >= 15 is 0 Å². The van der Waals surface area contributed by atoms with E-state index in [1.54, 1.807) is 0 Å². The fourth-order valence-corrected chi connectivity index (χ4v) is 1.72. The zero-order chi connectivity index (χ0) is 11.8. The first-order valence-corrected chi connectivity index (χ1v) is 6.38. The second kappa shape index (κ2) is 7.57. The van der Waals surface area contributed by atoms with E-state index in [0.29, 0.717) is 11.2 Å². The molecule has 1 heterocycles. The van der Waals surface area contributed by atoms with Crippen molar-refractivity contribution in [3.8, 4) is 0 Å². The smallest absolute Gasteiger partial charge is 0.187 e. The lowest BCUT2D eigenvalue weighted by Gasteiger charge is -2.12. The van der Waals surface area contributed by atoms with E-state index in [2.05, 4.69) is 29.7 Å². The van der Waals surface area contributed by atoms with Crippen LogP contribution in [0.2, 0.25) is 0 Å². The topological polar surface area (TPSA) is 45.7 Å². The highest BCUT2D eigenvalue weighted by Gasteiger charge is 2.14. The van der Waals surface area contributed by atoms with Gasteiger partial charge in [0.25, 0.3) is 0 Å². The molecule has 4 nitrogen and oxygen atoms in total. The fraction of sp³-hybridized carbons (Fsp3) is 0.818. The molecule has 5 heteroatoms. The Hall–Kier alpha value is -0.680. The van der Waals surface area contributed by atoms with Gasteiger partial charge in [-0.05, 0) is 37.9 Å². The number of hydrogen-bond donors (Lipinski definition) is 2. The van der Waals surface area contributed by atoms with Gasteiger partial charge in [0.1, 0.15) is 0 Å². The molecule has 1 aliphatic rings. The van der Waals surface area contributed by atoms with Crippen molar-refractivity contribution < 1.29 is 4.74 Å². The minimum Gasteiger partial charge on any atom is -0.376 e. The SMILES string of the molecule is CCC(CC)=NNC(=S)NC[C@@H]1CCCO1. The Morgan fingerprint density at radius 1 is 1.44 bits per heavy atom. The summed E-state index contributed by atoms with van der Waals surface area (Å²) >= 11 is 5.12. The predicted octanol–water partition coefficient (Wildman–Crippen LogP) is 1.81. The molecule has 1 rings (SSSR count). The monoisotopic (exact) mass is 243 g/mol. The third kappa shape index (κ3) is 4.90. The molecule has 0 aliphatic carbocycles. The molecule has 1 aliphatic heterocycles. The molecule has 0 amide bonds. The van der Waals surface area contributed by atoms with Crippen LogP contribution in [0, 0.1) is 0 Å². The van der Waals surface area contributed by atoms with Crippen LogP contribution in [0.5, 0.6) is 0 Å². The Labute approximate surface area is 103 Å². The van der Waals surface area contributed by atoms with Crippen molar-refractivity contribution in [3.63, 3.8) is 0 Å². The number of nitrogens with zero attached hydrogens (tertiary/aromatic N) is 1. The van der Waals surface area contributed by atoms with Gasteiger partial charge < -0.3 is 10.1 Å². The normalized spacial score (nSPS) is 19.2. The van der Waals surface area contributed by atoms with Crippen LogP contribution in [0.3, 0.4) is 0 Å². The van der Waals surface area contributed by atoms with Crippen LogP contribution < -0.4 is 10.7 Å². The first-order chi connectivity index (χ1) is 7.76. The second-order valence-corrected chi connectivity index (χ2v) is 4.25. The summed E-state index contributed by atoms with van der Waals surface area (Å²) in [6, 6.07) is 0. The van der Waals surface area contributed by atoms with Crippen LogP contribution in [0.15, 0.2) is 5.10 Å². The summed E-state index contributed by atoms with van der Waals surface area (Å²) in [4.78, 5) is 0. The van der Waals surface area contributed by atoms with Crippen molar-refractivity contribution in [2.45, 2.75) is 45.6 Å². The zero-order valence-electron chi connectivity index (χ0n) is 10.1. The minimum absolute atomic E-state index is 0.306. The third-order valence-electron chi connectivity index (χ3n) is 2.65. The molecule has 0 aromatic rings. The molecule has 1 fully saturated rings. The molecular formula is C11H21N3OS. The van der Waals surface area contributed by atoms with Crippen molar-refractivity contribution in [2.75, 3.05) is 13.2 Å². The average Bonchev–Trinajstić information content (AvgIpc) is 2.80. The van der Waals surface area contributed by atoms with Gasteiger partial charge in [0, 0.05) is 18.9 Å². The highest BCUT2D eigenvalue weighted by atomic mass is 32.1. The molecule has 0 aromatic carbocycles. The molecule has 0 unspecified atom stereocenters. The van der Waals surface area contributed by atoms with Gasteiger partial charge in [0.2, 0.25) is 0 Å². The van der Waals surface area contributed by atoms with E-state index in [-0.39, 0.29) is 0 Å². The standard InChI is InChI=1S/C11H21N3OS/c1-3-9(4-2)13-14-11(16)12-8-10-6-5-7-15-10/h10H,3-8H2,1-2H3,(H2,12,14,16)/t10-/m0/s1. The van der Waals surface area contributed by atoms with Gasteiger partial charge in [0.05, 0.1) is 6.10 Å². The Kier molecular flexibility index (Phi) is 6.33. The third-order valence-corrected chi connectivity index (χ3v) is 2.88. The van der Waals surface area contributed by atoms with Gasteiger partial charge in [-0.15, -0.1) is 0 Å². The summed E-state index contributed by atoms with van der Waals surface area (Å²) in [5.74, 6) is 0. The van der Waals surface area contributed by atoms with E-state index in [1.807, 2.05) is 0 Å². The molecule has 0 bridgehead atoms. The average molecular weight is 243 g/mol. The lowest BCUT2D eigenvalue weighted by atomic mass is 10.2. The largest absolute Gasteiger partial charge is 0.376 e. The maximum atomic E-state index is 5.49. The molecule has 16 heavy (non-hydrogen) atoms. The molecule has 0 spiro atoms. The minimum atomic E-state index is 0.306. The summed E-state index contributed by atoms with van der Waals surface area (Å²) in [5, 5.41) is 7.92. The number of thiocarbonyl (C=S) groups is 1. The molecule has 0 saturated carbocycles. The van der Waals surface area contributed by atoms with Gasteiger partial charge in [-0.25, -0.2) is 0 Å². The van der Waals surface area contributed by atoms with Crippen molar-refractivity contribution in [3.05, 3.63) is 0 Å². The fourth-order valence-electron chi connectivity index (χ4n) is 1.59. The van der Waals surface area contributed by atoms with Crippen LogP contribution in [0.4, 0.5) is 0 Å². The van der Waals surface area contributed by atoms with E-state index in [9.17, 15) is 0 Å². The number of hydrogen-bond acceptors (Lipinski definition) is 3. The van der Waals surface area contributed by atoms with Gasteiger partial charge in [-0.1, -0.05) is 13.8 Å². The highest BCUT2D eigenvalue weighted by molar-refractivity contribution is 7.80. The van der Waals surface area contributed by atoms with Crippen molar-refractivity contribution in [2.24, 2.45) is 5.10 Å². The summed E-state index contributed by atoms with van der Waals surface area (Å²) in [6.45, 7) is 5.83. The van der Waals surface area contributed by atoms with Gasteiger partial charge >= 0.3 is 0 Å². The highest BCUT2D eigenvalue weighted by Crippen LogP contribution is 2.10. The molecular weight excluding hydrogens is 222 g/mol. The van der Waals surface area contributed by atoms with Crippen molar-refractivity contribution >= 4 is 23.0 Å². The molecule has 1 saturated heterocycles. The summed E-state index contributed by atoms with van der Waals surface area (Å²) < 4.78 is 5.49. The first kappa shape index (κ1) is 13.4. The van der Waals surface area contributed by atoms with E-state index in [1.165, 1.54) is 0 Å². The molecule has 0 aromatic heterocycles. The maximum Gasteiger partial charge on any atom is 0.187 e. The zero-order valence-corrected chi connectivity index (χ0v) is 10.9. The molecule has 0 radical (unpaired) electrons. The van der Waals surface area contributed by atoms with Crippen LogP contribution in [0.1, 0.15) is 39.5 Å². The molecule has 1 atom stereocenters. The summed E-state index contributed by atoms with van der Waals surface area (Å²) in [7, 11) is 0. The lowest BCUT2D eigenvalue weighted by Crippen LogP contribution is -2.37. The van der Waals surface area contributed by atoms with Crippen molar-refractivity contribution in [1.29, 1.82) is 0 Å². The van der Waals surface area contributed by atoms with Crippen molar-refractivity contribution in [1.82, 2.24) is 10.7 Å². The van der Waals surface area contributed by atoms with Gasteiger partial charge in [-0.2, -0.15) is 5.10 Å². The molecule has 2 N–H and O–H groups in total. The second-order valence-electron chi connectivity index (χ2n) is 3.84. The van der Waals surface area contributed by atoms with Crippen LogP contribution in [-0.2, 0) is 4.74 Å². The molecule has 92 valence electrons. The Morgan fingerprint density at radius 3 is 2.75 bits per heavy atom. The first-order valence-electron chi connectivity index (χ1n) is 5.97. The van der Waals surface area contributed by atoms with E-state index in [4.69, 9.17) is 17.0 Å². The van der Waals surface area contributed by atoms with Crippen LogP contribution in [0.25, 0.3) is 0 Å². The maximum absolute atomic E-state index is 5.49. The van der Waals surface area contributed by atoms with Gasteiger partial charge in [0.15, 0.2) is 5.11 Å². The number of ether oxygens (including phenoxy) is 1. The Balaban J connectivity index is 2.17. The number of rotatable bonds is 5. The Morgan fingerprint density at radius 2 is 2.19 bits per heavy atom. The quantitative estimate of drug-likeness (QED) is 0.439. The van der Waals surface area contributed by atoms with E-state index in [0.717, 1.165) is 44.5 Å². The lowest BCUT2D eigenvalue weighted by molar-refractivity contribution is 0.114. The predicted molar refractivity (Wildman–Crippen MR) is 70.7 cm³/mol. The summed E-state index contributed by atoms with van der Waals surface area (Å²) in [6.07, 6.45) is 4.49. The Bertz CT molecular complexity index is 244. The van der Waals surface area contributed by atoms with Crippen LogP contribution >= 0.6 is 12.2 Å². The van der Waals surface area contributed by atoms with Crippen LogP contribution in [-0.4, -0.2) is 30.1 Å². The summed E-state index contributed by atoms with van der Waals surface area (Å²) in [5.41, 5.74) is 3.99.